The Morgan fingerprint density at radius 3 is 2.69 bits per heavy atom. The minimum absolute atomic E-state index is 0.00952. The molecule has 5 unspecified atom stereocenters. The molecule has 0 spiro atoms. The highest BCUT2D eigenvalue weighted by Gasteiger charge is 2.38. The summed E-state index contributed by atoms with van der Waals surface area (Å²) in [6.45, 7) is 2.02. The number of esters is 1. The van der Waals surface area contributed by atoms with Gasteiger partial charge in [-0.15, -0.1) is 0 Å². The van der Waals surface area contributed by atoms with E-state index in [0.29, 0.717) is 17.4 Å². The Morgan fingerprint density at radius 1 is 1.14 bits per heavy atom. The first-order valence-electron chi connectivity index (χ1n) is 14.5. The van der Waals surface area contributed by atoms with Gasteiger partial charge in [0.2, 0.25) is 11.8 Å². The van der Waals surface area contributed by atoms with Crippen LogP contribution in [0.3, 0.4) is 0 Å². The number of carbonyl (C=O) groups excluding carboxylic acids is 4. The lowest BCUT2D eigenvalue weighted by Gasteiger charge is -2.44. The predicted molar refractivity (Wildman–Crippen MR) is 156 cm³/mol. The number of nitrogens with zero attached hydrogens (tertiary/aromatic N) is 2. The molecule has 0 saturated heterocycles. The average molecular weight is 578 g/mol. The van der Waals surface area contributed by atoms with Crippen LogP contribution in [0.25, 0.3) is 0 Å². The molecule has 5 atom stereocenters. The molecule has 0 aromatic carbocycles. The Labute approximate surface area is 245 Å². The highest BCUT2D eigenvalue weighted by atomic mass is 16.5. The second kappa shape index (κ2) is 14.6. The molecule has 2 aliphatic carbocycles. The number of pyridine rings is 2. The molecule has 11 heteroatoms. The van der Waals surface area contributed by atoms with Crippen molar-refractivity contribution >= 4 is 29.4 Å². The monoisotopic (exact) mass is 577 g/mol. The Balaban J connectivity index is 1.42. The van der Waals surface area contributed by atoms with Gasteiger partial charge in [0.1, 0.15) is 18.3 Å². The van der Waals surface area contributed by atoms with Gasteiger partial charge in [0.25, 0.3) is 11.5 Å². The molecule has 0 radical (unpaired) electrons. The van der Waals surface area contributed by atoms with Crippen molar-refractivity contribution in [1.29, 1.82) is 0 Å². The van der Waals surface area contributed by atoms with Crippen molar-refractivity contribution in [3.05, 3.63) is 70.9 Å². The summed E-state index contributed by atoms with van der Waals surface area (Å²) in [4.78, 5) is 67.5. The van der Waals surface area contributed by atoms with Gasteiger partial charge in [0, 0.05) is 36.3 Å². The van der Waals surface area contributed by atoms with Crippen molar-refractivity contribution in [3.8, 4) is 0 Å². The molecule has 3 N–H and O–H groups in total. The number of nitrogens with one attached hydrogen (secondary N) is 3. The molecule has 3 amide bonds. The van der Waals surface area contributed by atoms with Crippen LogP contribution < -0.4 is 21.5 Å². The van der Waals surface area contributed by atoms with Gasteiger partial charge in [0.15, 0.2) is 0 Å². The van der Waals surface area contributed by atoms with E-state index in [9.17, 15) is 24.0 Å². The molecule has 11 nitrogen and oxygen atoms in total. The maximum Gasteiger partial charge on any atom is 0.330 e. The molecule has 2 aromatic rings. The van der Waals surface area contributed by atoms with E-state index in [0.717, 1.165) is 25.2 Å². The van der Waals surface area contributed by atoms with Crippen molar-refractivity contribution < 1.29 is 23.9 Å². The zero-order chi connectivity index (χ0) is 30.1. The third kappa shape index (κ3) is 8.14. The topological polar surface area (TPSA) is 148 Å². The largest absolute Gasteiger partial charge is 0.466 e. The van der Waals surface area contributed by atoms with E-state index in [1.165, 1.54) is 67.4 Å². The summed E-state index contributed by atoms with van der Waals surface area (Å²) in [6, 6.07) is 5.16. The van der Waals surface area contributed by atoms with Crippen LogP contribution in [0.4, 0.5) is 5.69 Å². The van der Waals surface area contributed by atoms with Crippen LogP contribution in [0.1, 0.15) is 62.2 Å². The summed E-state index contributed by atoms with van der Waals surface area (Å²) >= 11 is 0. The molecular weight excluding hydrogens is 538 g/mol. The third-order valence-electron chi connectivity index (χ3n) is 8.21. The van der Waals surface area contributed by atoms with E-state index < -0.39 is 29.4 Å². The zero-order valence-electron chi connectivity index (χ0n) is 24.1. The van der Waals surface area contributed by atoms with Gasteiger partial charge in [-0.05, 0) is 74.1 Å². The highest BCUT2D eigenvalue weighted by molar-refractivity contribution is 6.01. The normalized spacial score (nSPS) is 22.1. The van der Waals surface area contributed by atoms with Crippen molar-refractivity contribution in [2.45, 2.75) is 70.5 Å². The predicted octanol–water partition coefficient (Wildman–Crippen LogP) is 2.82. The van der Waals surface area contributed by atoms with E-state index in [4.69, 9.17) is 0 Å². The molecular formula is C31H39N5O6. The summed E-state index contributed by atoms with van der Waals surface area (Å²) < 4.78 is 5.85. The number of anilines is 1. The van der Waals surface area contributed by atoms with Gasteiger partial charge < -0.3 is 25.3 Å². The fourth-order valence-electron chi connectivity index (χ4n) is 6.16. The Morgan fingerprint density at radius 2 is 1.93 bits per heavy atom. The summed E-state index contributed by atoms with van der Waals surface area (Å²) in [5.74, 6) is -0.253. The number of carbonyl (C=O) groups is 4. The summed E-state index contributed by atoms with van der Waals surface area (Å²) in [5, 5.41) is 8.48. The number of fused-ring (bicyclic) bond motifs is 2. The molecule has 4 rings (SSSR count). The van der Waals surface area contributed by atoms with Crippen LogP contribution >= 0.6 is 0 Å². The first-order valence-corrected chi connectivity index (χ1v) is 14.5. The van der Waals surface area contributed by atoms with Crippen LogP contribution in [0, 0.1) is 17.8 Å². The number of methoxy groups -OCH3 is 1. The number of hydrogen-bond acceptors (Lipinski definition) is 7. The van der Waals surface area contributed by atoms with Crippen LogP contribution in [-0.4, -0.2) is 52.4 Å². The van der Waals surface area contributed by atoms with Gasteiger partial charge in [0.05, 0.1) is 7.11 Å². The smallest absolute Gasteiger partial charge is 0.330 e. The molecule has 2 saturated carbocycles. The van der Waals surface area contributed by atoms with Crippen molar-refractivity contribution in [2.75, 3.05) is 12.4 Å². The maximum absolute atomic E-state index is 13.3. The standard InChI is InChI=1S/C31H39N5O6/c1-20-17-21-7-5-8-23(18-21)28(20)35-26(37)19-36-16-6-10-25(31(36)41)34-30(40)24(9-3-4-11-27(38)42-2)33-29(39)22-12-14-32-15-13-22/h4,6,10-16,20-21,23-24,28H,3,5,7-9,17-19H2,1-2H3,(H,33,39)(H,34,40)(H,35,37)/b11-4+. The maximum atomic E-state index is 13.3. The van der Waals surface area contributed by atoms with Crippen molar-refractivity contribution in [3.63, 3.8) is 0 Å². The third-order valence-corrected chi connectivity index (χ3v) is 8.21. The van der Waals surface area contributed by atoms with Crippen LogP contribution in [0.5, 0.6) is 0 Å². The molecule has 2 bridgehead atoms. The van der Waals surface area contributed by atoms with Gasteiger partial charge >= 0.3 is 5.97 Å². The number of ether oxygens (including phenoxy) is 1. The van der Waals surface area contributed by atoms with E-state index in [1.54, 1.807) is 12.1 Å². The Kier molecular flexibility index (Phi) is 10.6. The second-order valence-corrected chi connectivity index (χ2v) is 11.2. The Hall–Kier alpha value is -4.28. The average Bonchev–Trinajstić information content (AvgIpc) is 2.99. The lowest BCUT2D eigenvalue weighted by atomic mass is 9.65. The minimum Gasteiger partial charge on any atom is -0.466 e. The fourth-order valence-corrected chi connectivity index (χ4v) is 6.16. The van der Waals surface area contributed by atoms with Gasteiger partial charge in [-0.3, -0.25) is 24.2 Å². The van der Waals surface area contributed by atoms with Crippen LogP contribution in [-0.2, 0) is 25.7 Å². The SMILES string of the molecule is COC(=O)/C=C/CCC(NC(=O)c1ccncc1)C(=O)Nc1cccn(CC(=O)NC2C(C)CC3CCCC2C3)c1=O. The first kappa shape index (κ1) is 30.7. The number of amides is 3. The lowest BCUT2D eigenvalue weighted by molar-refractivity contribution is -0.134. The molecule has 224 valence electrons. The number of rotatable bonds is 11. The number of allylic oxidation sites excluding steroid dienone is 1. The zero-order valence-corrected chi connectivity index (χ0v) is 24.1. The number of hydrogen-bond donors (Lipinski definition) is 3. The quantitative estimate of drug-likeness (QED) is 0.275. The van der Waals surface area contributed by atoms with E-state index in [1.807, 2.05) is 0 Å². The molecule has 0 aliphatic heterocycles. The second-order valence-electron chi connectivity index (χ2n) is 11.2. The summed E-state index contributed by atoms with van der Waals surface area (Å²) in [7, 11) is 1.26. The summed E-state index contributed by atoms with van der Waals surface area (Å²) in [5.41, 5.74) is -0.220. The highest BCUT2D eigenvalue weighted by Crippen LogP contribution is 2.42. The fraction of sp³-hybridized carbons (Fsp3) is 0.484. The minimum atomic E-state index is -1.02. The van der Waals surface area contributed by atoms with Gasteiger partial charge in [-0.2, -0.15) is 0 Å². The number of aromatic nitrogens is 2. The van der Waals surface area contributed by atoms with E-state index in [-0.39, 0.29) is 37.0 Å². The molecule has 2 aliphatic rings. The van der Waals surface area contributed by atoms with E-state index in [2.05, 4.69) is 32.6 Å². The van der Waals surface area contributed by atoms with Crippen LogP contribution in [0.2, 0.25) is 0 Å². The molecule has 42 heavy (non-hydrogen) atoms. The summed E-state index contributed by atoms with van der Waals surface area (Å²) in [6.07, 6.45) is 13.5. The van der Waals surface area contributed by atoms with Crippen LogP contribution in [0.15, 0.2) is 59.8 Å². The molecule has 2 aromatic heterocycles. The van der Waals surface area contributed by atoms with E-state index >= 15 is 0 Å². The van der Waals surface area contributed by atoms with Gasteiger partial charge in [-0.25, -0.2) is 4.79 Å². The molecule has 2 heterocycles. The Bertz CT molecular complexity index is 1360. The first-order chi connectivity index (χ1) is 20.2. The van der Waals surface area contributed by atoms with Gasteiger partial charge in [-0.1, -0.05) is 25.8 Å². The van der Waals surface area contributed by atoms with Crippen molar-refractivity contribution in [1.82, 2.24) is 20.2 Å². The molecule has 2 fully saturated rings. The van der Waals surface area contributed by atoms with Crippen molar-refractivity contribution in [2.24, 2.45) is 17.8 Å². The lowest BCUT2D eigenvalue weighted by Crippen LogP contribution is -2.50.